The van der Waals surface area contributed by atoms with Crippen LogP contribution in [0.25, 0.3) is 0 Å². The number of ether oxygens (including phenoxy) is 2. The third kappa shape index (κ3) is 5.82. The first-order chi connectivity index (χ1) is 11.0. The van der Waals surface area contributed by atoms with Crippen molar-refractivity contribution >= 4 is 17.8 Å². The fraction of sp³-hybridized carbons (Fsp3) is 0.312. The molecule has 1 aromatic rings. The Bertz CT molecular complexity index is 586. The molecule has 0 saturated heterocycles. The van der Waals surface area contributed by atoms with E-state index >= 15 is 0 Å². The van der Waals surface area contributed by atoms with Crippen LogP contribution < -0.4 is 15.4 Å². The summed E-state index contributed by atoms with van der Waals surface area (Å²) in [6, 6.07) is 6.62. The van der Waals surface area contributed by atoms with Gasteiger partial charge in [-0.15, -0.1) is 6.58 Å². The van der Waals surface area contributed by atoms with Gasteiger partial charge >= 0.3 is 5.97 Å². The van der Waals surface area contributed by atoms with E-state index in [1.165, 1.54) is 20.1 Å². The number of amides is 2. The van der Waals surface area contributed by atoms with Crippen molar-refractivity contribution in [3.63, 3.8) is 0 Å². The third-order valence-electron chi connectivity index (χ3n) is 2.84. The molecule has 0 radical (unpaired) electrons. The highest BCUT2D eigenvalue weighted by Crippen LogP contribution is 2.16. The monoisotopic (exact) mass is 320 g/mol. The number of hydrogen-bond acceptors (Lipinski definition) is 5. The normalized spacial score (nSPS) is 11.0. The van der Waals surface area contributed by atoms with Crippen LogP contribution in [-0.4, -0.2) is 44.1 Å². The molecule has 1 atom stereocenters. The lowest BCUT2D eigenvalue weighted by atomic mass is 10.2. The predicted molar refractivity (Wildman–Crippen MR) is 84.1 cm³/mol. The van der Waals surface area contributed by atoms with Gasteiger partial charge in [-0.05, 0) is 19.1 Å². The van der Waals surface area contributed by atoms with Crippen molar-refractivity contribution in [1.82, 2.24) is 10.6 Å². The zero-order valence-corrected chi connectivity index (χ0v) is 13.1. The molecule has 0 aliphatic heterocycles. The number of nitrogens with one attached hydrogen (secondary N) is 2. The minimum Gasteiger partial charge on any atom is -0.496 e. The zero-order chi connectivity index (χ0) is 17.2. The average Bonchev–Trinajstić information content (AvgIpc) is 2.57. The van der Waals surface area contributed by atoms with E-state index in [9.17, 15) is 14.4 Å². The zero-order valence-electron chi connectivity index (χ0n) is 13.1. The summed E-state index contributed by atoms with van der Waals surface area (Å²) in [5.74, 6) is -1.22. The molecule has 0 spiro atoms. The molecule has 1 aromatic carbocycles. The van der Waals surface area contributed by atoms with Gasteiger partial charge < -0.3 is 20.1 Å². The number of para-hydroxylation sites is 1. The fourth-order valence-electron chi connectivity index (χ4n) is 1.69. The van der Waals surface area contributed by atoms with E-state index in [1.807, 2.05) is 0 Å². The molecule has 0 heterocycles. The quantitative estimate of drug-likeness (QED) is 0.542. The second kappa shape index (κ2) is 9.24. The van der Waals surface area contributed by atoms with Gasteiger partial charge in [0.05, 0.1) is 12.7 Å². The molecule has 23 heavy (non-hydrogen) atoms. The maximum absolute atomic E-state index is 12.0. The molecule has 0 unspecified atom stereocenters. The Balaban J connectivity index is 2.48. The van der Waals surface area contributed by atoms with Crippen LogP contribution in [0.4, 0.5) is 0 Å². The Kier molecular flexibility index (Phi) is 7.32. The van der Waals surface area contributed by atoms with Crippen molar-refractivity contribution in [2.75, 3.05) is 20.2 Å². The molecule has 1 rings (SSSR count). The Morgan fingerprint density at radius 2 is 1.96 bits per heavy atom. The van der Waals surface area contributed by atoms with E-state index in [0.717, 1.165) is 0 Å². The summed E-state index contributed by atoms with van der Waals surface area (Å²) in [6.07, 6.45) is 0.561. The Morgan fingerprint density at radius 1 is 1.26 bits per heavy atom. The highest BCUT2D eigenvalue weighted by Gasteiger charge is 2.18. The lowest BCUT2D eigenvalue weighted by molar-refractivity contribution is -0.153. The number of hydrogen-bond donors (Lipinski definition) is 2. The Labute approximate surface area is 134 Å². The standard InChI is InChI=1S/C16H20N2O5/c1-4-9-17-15(20)11(2)23-14(19)10-18-16(21)12-7-5-6-8-13(12)22-3/h4-8,11H,1,9-10H2,2-3H3,(H,17,20)(H,18,21)/t11-/m1/s1. The summed E-state index contributed by atoms with van der Waals surface area (Å²) in [4.78, 5) is 35.2. The average molecular weight is 320 g/mol. The van der Waals surface area contributed by atoms with Crippen LogP contribution in [0, 0.1) is 0 Å². The second-order valence-corrected chi connectivity index (χ2v) is 4.55. The first-order valence-electron chi connectivity index (χ1n) is 6.99. The van der Waals surface area contributed by atoms with Crippen LogP contribution >= 0.6 is 0 Å². The van der Waals surface area contributed by atoms with Gasteiger partial charge in [-0.3, -0.25) is 14.4 Å². The van der Waals surface area contributed by atoms with Crippen molar-refractivity contribution in [2.45, 2.75) is 13.0 Å². The van der Waals surface area contributed by atoms with Crippen molar-refractivity contribution < 1.29 is 23.9 Å². The van der Waals surface area contributed by atoms with Crippen LogP contribution in [0.3, 0.4) is 0 Å². The smallest absolute Gasteiger partial charge is 0.326 e. The van der Waals surface area contributed by atoms with Gasteiger partial charge in [-0.1, -0.05) is 18.2 Å². The molecule has 0 aromatic heterocycles. The number of methoxy groups -OCH3 is 1. The van der Waals surface area contributed by atoms with Gasteiger partial charge in [0.2, 0.25) is 0 Å². The topological polar surface area (TPSA) is 93.7 Å². The minimum absolute atomic E-state index is 0.283. The SMILES string of the molecule is C=CCNC(=O)[C@@H](C)OC(=O)CNC(=O)c1ccccc1OC. The summed E-state index contributed by atoms with van der Waals surface area (Å²) in [7, 11) is 1.45. The highest BCUT2D eigenvalue weighted by molar-refractivity contribution is 5.98. The van der Waals surface area contributed by atoms with Crippen molar-refractivity contribution in [2.24, 2.45) is 0 Å². The number of rotatable bonds is 8. The highest BCUT2D eigenvalue weighted by atomic mass is 16.5. The van der Waals surface area contributed by atoms with E-state index in [-0.39, 0.29) is 13.1 Å². The molecule has 124 valence electrons. The maximum Gasteiger partial charge on any atom is 0.326 e. The van der Waals surface area contributed by atoms with Gasteiger partial charge in [-0.2, -0.15) is 0 Å². The largest absolute Gasteiger partial charge is 0.496 e. The molecule has 7 heteroatoms. The minimum atomic E-state index is -0.953. The van der Waals surface area contributed by atoms with Crippen molar-refractivity contribution in [1.29, 1.82) is 0 Å². The summed E-state index contributed by atoms with van der Waals surface area (Å²) in [5.41, 5.74) is 0.305. The molecule has 0 saturated carbocycles. The molecule has 0 aliphatic rings. The molecular formula is C16H20N2O5. The summed E-state index contributed by atoms with van der Waals surface area (Å²) >= 11 is 0. The first kappa shape index (κ1) is 18.2. The van der Waals surface area contributed by atoms with Crippen LogP contribution in [0.5, 0.6) is 5.75 Å². The van der Waals surface area contributed by atoms with Gasteiger partial charge in [0.25, 0.3) is 11.8 Å². The number of esters is 1. The van der Waals surface area contributed by atoms with Crippen LogP contribution in [-0.2, 0) is 14.3 Å². The van der Waals surface area contributed by atoms with Crippen LogP contribution in [0.2, 0.25) is 0 Å². The molecule has 2 N–H and O–H groups in total. The van der Waals surface area contributed by atoms with Crippen molar-refractivity contribution in [3.8, 4) is 5.75 Å². The lowest BCUT2D eigenvalue weighted by Gasteiger charge is -2.13. The van der Waals surface area contributed by atoms with Gasteiger partial charge in [0.1, 0.15) is 12.3 Å². The summed E-state index contributed by atoms with van der Waals surface area (Å²) in [6.45, 7) is 4.84. The van der Waals surface area contributed by atoms with E-state index in [4.69, 9.17) is 9.47 Å². The molecule has 0 fully saturated rings. The number of carbonyl (C=O) groups excluding carboxylic acids is 3. The number of carbonyl (C=O) groups is 3. The van der Waals surface area contributed by atoms with E-state index < -0.39 is 23.9 Å². The Hall–Kier alpha value is -2.83. The van der Waals surface area contributed by atoms with Gasteiger partial charge in [-0.25, -0.2) is 0 Å². The summed E-state index contributed by atoms with van der Waals surface area (Å²) in [5, 5.41) is 4.92. The first-order valence-corrected chi connectivity index (χ1v) is 6.99. The van der Waals surface area contributed by atoms with E-state index in [0.29, 0.717) is 11.3 Å². The van der Waals surface area contributed by atoms with E-state index in [1.54, 1.807) is 24.3 Å². The maximum atomic E-state index is 12.0. The second-order valence-electron chi connectivity index (χ2n) is 4.55. The predicted octanol–water partition coefficient (Wildman–Crippen LogP) is 0.659. The van der Waals surface area contributed by atoms with Crippen molar-refractivity contribution in [3.05, 3.63) is 42.5 Å². The molecule has 0 aliphatic carbocycles. The lowest BCUT2D eigenvalue weighted by Crippen LogP contribution is -2.38. The molecular weight excluding hydrogens is 300 g/mol. The fourth-order valence-corrected chi connectivity index (χ4v) is 1.69. The number of benzene rings is 1. The third-order valence-corrected chi connectivity index (χ3v) is 2.84. The van der Waals surface area contributed by atoms with Crippen LogP contribution in [0.15, 0.2) is 36.9 Å². The Morgan fingerprint density at radius 3 is 2.61 bits per heavy atom. The van der Waals surface area contributed by atoms with Gasteiger partial charge in [0.15, 0.2) is 6.10 Å². The van der Waals surface area contributed by atoms with E-state index in [2.05, 4.69) is 17.2 Å². The molecule has 2 amide bonds. The molecule has 0 bridgehead atoms. The van der Waals surface area contributed by atoms with Gasteiger partial charge in [0, 0.05) is 6.54 Å². The molecule has 7 nitrogen and oxygen atoms in total. The van der Waals surface area contributed by atoms with Crippen LogP contribution in [0.1, 0.15) is 17.3 Å². The summed E-state index contributed by atoms with van der Waals surface area (Å²) < 4.78 is 9.99.